The second-order valence-corrected chi connectivity index (χ2v) is 5.14. The number of hydrogen-bond donors (Lipinski definition) is 0. The van der Waals surface area contributed by atoms with Crippen molar-refractivity contribution in [3.63, 3.8) is 0 Å². The van der Waals surface area contributed by atoms with Gasteiger partial charge in [-0.1, -0.05) is 17.7 Å². The maximum Gasteiger partial charge on any atom is 0.282 e. The fourth-order valence-corrected chi connectivity index (χ4v) is 1.90. The van der Waals surface area contributed by atoms with E-state index in [4.69, 9.17) is 0 Å². The molecule has 5 heteroatoms. The molecular weight excluding hydrogens is 238 g/mol. The van der Waals surface area contributed by atoms with Gasteiger partial charge in [-0.2, -0.15) is 12.8 Å². The Balaban J connectivity index is 2.89. The van der Waals surface area contributed by atoms with Gasteiger partial charge in [-0.15, -0.1) is 0 Å². The molecule has 0 aliphatic heterocycles. The molecule has 0 spiro atoms. The molecule has 0 aliphatic carbocycles. The molecule has 17 heavy (non-hydrogen) atoms. The number of hydrogen-bond acceptors (Lipinski definition) is 3. The van der Waals surface area contributed by atoms with Crippen molar-refractivity contribution >= 4 is 22.0 Å². The lowest BCUT2D eigenvalue weighted by Crippen LogP contribution is -1.96. The van der Waals surface area contributed by atoms with E-state index in [1.807, 2.05) is 6.92 Å². The SMILES string of the molecule is CC(=O)/C=C/C=N/S(=O)(=O)c1ccc(C)cc1. The van der Waals surface area contributed by atoms with E-state index in [0.717, 1.165) is 11.8 Å². The van der Waals surface area contributed by atoms with Crippen LogP contribution in [0, 0.1) is 6.92 Å². The second kappa shape index (κ2) is 5.54. The number of carbonyl (C=O) groups is 1. The first kappa shape index (κ1) is 13.3. The molecule has 0 unspecified atom stereocenters. The fraction of sp³-hybridized carbons (Fsp3) is 0.167. The van der Waals surface area contributed by atoms with Crippen molar-refractivity contribution in [2.75, 3.05) is 0 Å². The van der Waals surface area contributed by atoms with Crippen molar-refractivity contribution in [3.8, 4) is 0 Å². The highest BCUT2D eigenvalue weighted by Crippen LogP contribution is 2.12. The van der Waals surface area contributed by atoms with E-state index in [0.29, 0.717) is 0 Å². The van der Waals surface area contributed by atoms with Gasteiger partial charge >= 0.3 is 0 Å². The Kier molecular flexibility index (Phi) is 4.34. The van der Waals surface area contributed by atoms with Crippen LogP contribution < -0.4 is 0 Å². The number of carbonyl (C=O) groups excluding carboxylic acids is 1. The van der Waals surface area contributed by atoms with Crippen LogP contribution in [0.5, 0.6) is 0 Å². The minimum Gasteiger partial charge on any atom is -0.295 e. The Bertz CT molecular complexity index is 554. The Morgan fingerprint density at radius 3 is 2.35 bits per heavy atom. The zero-order valence-electron chi connectivity index (χ0n) is 9.62. The third kappa shape index (κ3) is 4.32. The Morgan fingerprint density at radius 1 is 1.24 bits per heavy atom. The largest absolute Gasteiger partial charge is 0.295 e. The first-order valence-electron chi connectivity index (χ1n) is 4.96. The van der Waals surface area contributed by atoms with E-state index in [9.17, 15) is 13.2 Å². The van der Waals surface area contributed by atoms with E-state index < -0.39 is 10.0 Å². The van der Waals surface area contributed by atoms with Gasteiger partial charge in [-0.3, -0.25) is 4.79 Å². The summed E-state index contributed by atoms with van der Waals surface area (Å²) >= 11 is 0. The number of ketones is 1. The standard InChI is InChI=1S/C12H13NO3S/c1-10-5-7-12(8-6-10)17(15,16)13-9-3-4-11(2)14/h3-9H,1-2H3/b4-3+,13-9+. The van der Waals surface area contributed by atoms with Crippen molar-refractivity contribution in [3.05, 3.63) is 42.0 Å². The molecule has 90 valence electrons. The molecule has 0 atom stereocenters. The van der Waals surface area contributed by atoms with Crippen LogP contribution in [-0.2, 0) is 14.8 Å². The highest BCUT2D eigenvalue weighted by molar-refractivity contribution is 7.90. The molecule has 0 saturated heterocycles. The molecule has 1 rings (SSSR count). The minimum atomic E-state index is -3.67. The molecule has 1 aromatic carbocycles. The van der Waals surface area contributed by atoms with Crippen LogP contribution in [0.25, 0.3) is 0 Å². The van der Waals surface area contributed by atoms with Crippen LogP contribution in [0.4, 0.5) is 0 Å². The van der Waals surface area contributed by atoms with Gasteiger partial charge in [-0.05, 0) is 38.1 Å². The zero-order valence-corrected chi connectivity index (χ0v) is 10.4. The van der Waals surface area contributed by atoms with E-state index in [2.05, 4.69) is 4.40 Å². The Labute approximate surface area is 101 Å². The average molecular weight is 251 g/mol. The monoisotopic (exact) mass is 251 g/mol. The maximum atomic E-state index is 11.7. The second-order valence-electron chi connectivity index (χ2n) is 3.51. The summed E-state index contributed by atoms with van der Waals surface area (Å²) in [6, 6.07) is 6.40. The van der Waals surface area contributed by atoms with Crippen molar-refractivity contribution in [1.29, 1.82) is 0 Å². The molecule has 1 aromatic rings. The summed E-state index contributed by atoms with van der Waals surface area (Å²) in [5.74, 6) is -0.163. The van der Waals surface area contributed by atoms with Gasteiger partial charge < -0.3 is 0 Å². The van der Waals surface area contributed by atoms with Crippen molar-refractivity contribution < 1.29 is 13.2 Å². The summed E-state index contributed by atoms with van der Waals surface area (Å²) in [6.45, 7) is 3.24. The predicted octanol–water partition coefficient (Wildman–Crippen LogP) is 1.90. The summed E-state index contributed by atoms with van der Waals surface area (Å²) in [5.41, 5.74) is 0.976. The Morgan fingerprint density at radius 2 is 1.82 bits per heavy atom. The van der Waals surface area contributed by atoms with E-state index in [1.165, 1.54) is 31.2 Å². The molecule has 0 N–H and O–H groups in total. The van der Waals surface area contributed by atoms with E-state index in [-0.39, 0.29) is 10.7 Å². The lowest BCUT2D eigenvalue weighted by atomic mass is 10.2. The van der Waals surface area contributed by atoms with Crippen molar-refractivity contribution in [1.82, 2.24) is 0 Å². The number of rotatable bonds is 4. The summed E-state index contributed by atoms with van der Waals surface area (Å²) in [7, 11) is -3.67. The van der Waals surface area contributed by atoms with Crippen LogP contribution in [0.15, 0.2) is 45.7 Å². The topological polar surface area (TPSA) is 63.6 Å². The first-order valence-corrected chi connectivity index (χ1v) is 6.40. The lowest BCUT2D eigenvalue weighted by molar-refractivity contribution is -0.112. The molecule has 0 radical (unpaired) electrons. The fourth-order valence-electron chi connectivity index (χ4n) is 1.06. The highest BCUT2D eigenvalue weighted by Gasteiger charge is 2.09. The van der Waals surface area contributed by atoms with Gasteiger partial charge in [0, 0.05) is 6.21 Å². The minimum absolute atomic E-state index is 0.135. The summed E-state index contributed by atoms with van der Waals surface area (Å²) in [6.07, 6.45) is 3.64. The lowest BCUT2D eigenvalue weighted by Gasteiger charge is -1.97. The first-order chi connectivity index (χ1) is 7.92. The number of benzene rings is 1. The third-order valence-electron chi connectivity index (χ3n) is 1.94. The van der Waals surface area contributed by atoms with Crippen LogP contribution in [0.2, 0.25) is 0 Å². The molecular formula is C12H13NO3S. The number of aryl methyl sites for hydroxylation is 1. The summed E-state index contributed by atoms with van der Waals surface area (Å²) < 4.78 is 26.8. The molecule has 0 aliphatic rings. The van der Waals surface area contributed by atoms with Gasteiger partial charge in [0.1, 0.15) is 0 Å². The number of nitrogens with zero attached hydrogens (tertiary/aromatic N) is 1. The van der Waals surface area contributed by atoms with Gasteiger partial charge in [0.05, 0.1) is 4.90 Å². The highest BCUT2D eigenvalue weighted by atomic mass is 32.2. The quantitative estimate of drug-likeness (QED) is 0.606. The molecule has 4 nitrogen and oxygen atoms in total. The van der Waals surface area contributed by atoms with Crippen LogP contribution in [0.3, 0.4) is 0 Å². The van der Waals surface area contributed by atoms with Crippen LogP contribution in [-0.4, -0.2) is 20.4 Å². The van der Waals surface area contributed by atoms with Crippen LogP contribution in [0.1, 0.15) is 12.5 Å². The maximum absolute atomic E-state index is 11.7. The smallest absolute Gasteiger partial charge is 0.282 e. The zero-order chi connectivity index (χ0) is 12.9. The van der Waals surface area contributed by atoms with Gasteiger partial charge in [0.2, 0.25) is 0 Å². The number of sulfonamides is 1. The van der Waals surface area contributed by atoms with Crippen molar-refractivity contribution in [2.24, 2.45) is 4.40 Å². The molecule has 0 fully saturated rings. The summed E-state index contributed by atoms with van der Waals surface area (Å²) in [4.78, 5) is 10.7. The van der Waals surface area contributed by atoms with Gasteiger partial charge in [0.25, 0.3) is 10.0 Å². The van der Waals surface area contributed by atoms with Crippen molar-refractivity contribution in [2.45, 2.75) is 18.7 Å². The molecule has 0 amide bonds. The molecule has 0 heterocycles. The number of allylic oxidation sites excluding steroid dienone is 2. The molecule has 0 bridgehead atoms. The van der Waals surface area contributed by atoms with Gasteiger partial charge in [-0.25, -0.2) is 0 Å². The molecule has 0 aromatic heterocycles. The van der Waals surface area contributed by atoms with E-state index >= 15 is 0 Å². The Hall–Kier alpha value is -1.75. The normalized spacial score (nSPS) is 12.4. The molecule has 0 saturated carbocycles. The third-order valence-corrected chi connectivity index (χ3v) is 3.20. The predicted molar refractivity (Wildman–Crippen MR) is 66.7 cm³/mol. The van der Waals surface area contributed by atoms with E-state index in [1.54, 1.807) is 12.1 Å². The van der Waals surface area contributed by atoms with Crippen LogP contribution >= 0.6 is 0 Å². The van der Waals surface area contributed by atoms with Gasteiger partial charge in [0.15, 0.2) is 5.78 Å². The summed E-state index contributed by atoms with van der Waals surface area (Å²) in [5, 5.41) is 0. The average Bonchev–Trinajstić information content (AvgIpc) is 2.25.